The first-order valence-electron chi connectivity index (χ1n) is 10.7. The Hall–Kier alpha value is -1.02. The van der Waals surface area contributed by atoms with E-state index in [0.717, 1.165) is 62.7 Å². The molecule has 5 nitrogen and oxygen atoms in total. The van der Waals surface area contributed by atoms with Gasteiger partial charge in [-0.15, -0.1) is 24.0 Å². The molecule has 0 atom stereocenters. The fraction of sp³-hybridized carbons (Fsp3) is 0.682. The van der Waals surface area contributed by atoms with Crippen molar-refractivity contribution in [2.75, 3.05) is 39.8 Å². The van der Waals surface area contributed by atoms with Crippen LogP contribution < -0.4 is 10.1 Å². The minimum atomic E-state index is 0. The number of hydrogen-bond acceptors (Lipinski definition) is 3. The second kappa shape index (κ2) is 10.7. The summed E-state index contributed by atoms with van der Waals surface area (Å²) in [6, 6.07) is 11.0. The van der Waals surface area contributed by atoms with Gasteiger partial charge in [-0.2, -0.15) is 0 Å². The summed E-state index contributed by atoms with van der Waals surface area (Å²) in [5.74, 6) is 3.01. The fourth-order valence-corrected chi connectivity index (χ4v) is 4.02. The lowest BCUT2D eigenvalue weighted by atomic mass is 10.1. The van der Waals surface area contributed by atoms with Crippen LogP contribution in [-0.4, -0.2) is 67.7 Å². The van der Waals surface area contributed by atoms with Crippen molar-refractivity contribution in [1.82, 2.24) is 15.1 Å². The number of ether oxygens (including phenoxy) is 1. The molecule has 1 saturated heterocycles. The van der Waals surface area contributed by atoms with Gasteiger partial charge in [-0.05, 0) is 43.7 Å². The summed E-state index contributed by atoms with van der Waals surface area (Å²) in [6.07, 6.45) is 8.09. The minimum Gasteiger partial charge on any atom is -0.490 e. The molecular formula is C22H35IN4O. The Morgan fingerprint density at radius 3 is 2.43 bits per heavy atom. The van der Waals surface area contributed by atoms with Gasteiger partial charge in [-0.3, -0.25) is 9.89 Å². The molecule has 4 rings (SSSR count). The molecule has 1 heterocycles. The molecule has 0 unspecified atom stereocenters. The standard InChI is InChI=1S/C22H34N4O.HI/c1-23-22(24-13-16-26(19-9-10-19)17-18-7-8-18)25-14-11-21(12-15-25)27-20-5-3-2-4-6-20;/h2-6,18-19,21H,7-17H2,1H3,(H,23,24);1H. The highest BCUT2D eigenvalue weighted by molar-refractivity contribution is 14.0. The van der Waals surface area contributed by atoms with Crippen molar-refractivity contribution in [1.29, 1.82) is 0 Å². The average molecular weight is 498 g/mol. The van der Waals surface area contributed by atoms with Crippen LogP contribution >= 0.6 is 24.0 Å². The summed E-state index contributed by atoms with van der Waals surface area (Å²) in [4.78, 5) is 9.61. The van der Waals surface area contributed by atoms with Crippen LogP contribution in [0.2, 0.25) is 0 Å². The Balaban J connectivity index is 0.00000225. The molecule has 28 heavy (non-hydrogen) atoms. The van der Waals surface area contributed by atoms with Gasteiger partial charge >= 0.3 is 0 Å². The average Bonchev–Trinajstić information content (AvgIpc) is 3.60. The fourth-order valence-electron chi connectivity index (χ4n) is 4.02. The van der Waals surface area contributed by atoms with Gasteiger partial charge in [0.05, 0.1) is 0 Å². The van der Waals surface area contributed by atoms with Crippen molar-refractivity contribution in [2.24, 2.45) is 10.9 Å². The van der Waals surface area contributed by atoms with E-state index in [0.29, 0.717) is 6.10 Å². The number of hydrogen-bond donors (Lipinski definition) is 1. The number of halogens is 1. The summed E-state index contributed by atoms with van der Waals surface area (Å²) in [7, 11) is 1.90. The molecule has 1 aliphatic heterocycles. The minimum absolute atomic E-state index is 0. The maximum atomic E-state index is 6.11. The number of rotatable bonds is 8. The van der Waals surface area contributed by atoms with E-state index in [1.54, 1.807) is 0 Å². The van der Waals surface area contributed by atoms with Gasteiger partial charge < -0.3 is 15.0 Å². The Kier molecular flexibility index (Phi) is 8.26. The molecule has 0 radical (unpaired) electrons. The van der Waals surface area contributed by atoms with E-state index in [4.69, 9.17) is 4.74 Å². The van der Waals surface area contributed by atoms with E-state index in [1.165, 1.54) is 32.2 Å². The highest BCUT2D eigenvalue weighted by Crippen LogP contribution is 2.34. The summed E-state index contributed by atoms with van der Waals surface area (Å²) in [6.45, 7) is 5.47. The molecule has 3 fully saturated rings. The lowest BCUT2D eigenvalue weighted by Gasteiger charge is -2.34. The zero-order valence-electron chi connectivity index (χ0n) is 17.1. The van der Waals surface area contributed by atoms with Gasteiger partial charge in [0.2, 0.25) is 0 Å². The van der Waals surface area contributed by atoms with E-state index in [9.17, 15) is 0 Å². The number of aliphatic imine (C=N–C) groups is 1. The predicted molar refractivity (Wildman–Crippen MR) is 126 cm³/mol. The molecule has 1 N–H and O–H groups in total. The van der Waals surface area contributed by atoms with Gasteiger partial charge in [0, 0.05) is 58.7 Å². The number of para-hydroxylation sites is 1. The molecule has 1 aromatic carbocycles. The summed E-state index contributed by atoms with van der Waals surface area (Å²) >= 11 is 0. The van der Waals surface area contributed by atoms with Crippen molar-refractivity contribution in [3.63, 3.8) is 0 Å². The topological polar surface area (TPSA) is 40.1 Å². The maximum Gasteiger partial charge on any atom is 0.193 e. The third kappa shape index (κ3) is 6.51. The van der Waals surface area contributed by atoms with E-state index >= 15 is 0 Å². The number of benzene rings is 1. The van der Waals surface area contributed by atoms with Gasteiger partial charge in [0.1, 0.15) is 11.9 Å². The Labute approximate surface area is 186 Å². The quantitative estimate of drug-likeness (QED) is 0.338. The molecule has 3 aliphatic rings. The molecule has 2 aliphatic carbocycles. The zero-order chi connectivity index (χ0) is 18.5. The van der Waals surface area contributed by atoms with Gasteiger partial charge in [0.15, 0.2) is 5.96 Å². The Morgan fingerprint density at radius 1 is 1.11 bits per heavy atom. The lowest BCUT2D eigenvalue weighted by Crippen LogP contribution is -2.49. The van der Waals surface area contributed by atoms with Crippen LogP contribution in [-0.2, 0) is 0 Å². The van der Waals surface area contributed by atoms with Crippen LogP contribution in [0, 0.1) is 5.92 Å². The molecule has 6 heteroatoms. The Morgan fingerprint density at radius 2 is 1.82 bits per heavy atom. The largest absolute Gasteiger partial charge is 0.490 e. The van der Waals surface area contributed by atoms with Crippen LogP contribution in [0.25, 0.3) is 0 Å². The number of nitrogens with one attached hydrogen (secondary N) is 1. The molecule has 0 aromatic heterocycles. The van der Waals surface area contributed by atoms with E-state index in [1.807, 2.05) is 37.4 Å². The molecule has 2 saturated carbocycles. The Bertz CT molecular complexity index is 610. The molecule has 0 amide bonds. The number of nitrogens with zero attached hydrogens (tertiary/aromatic N) is 3. The van der Waals surface area contributed by atoms with Crippen LogP contribution in [0.3, 0.4) is 0 Å². The highest BCUT2D eigenvalue weighted by Gasteiger charge is 2.33. The third-order valence-corrected chi connectivity index (χ3v) is 5.93. The van der Waals surface area contributed by atoms with Crippen molar-refractivity contribution in [2.45, 2.75) is 50.7 Å². The van der Waals surface area contributed by atoms with Gasteiger partial charge in [-0.1, -0.05) is 18.2 Å². The van der Waals surface area contributed by atoms with E-state index in [2.05, 4.69) is 20.1 Å². The van der Waals surface area contributed by atoms with E-state index in [-0.39, 0.29) is 24.0 Å². The highest BCUT2D eigenvalue weighted by atomic mass is 127. The van der Waals surface area contributed by atoms with Crippen molar-refractivity contribution < 1.29 is 4.74 Å². The first-order valence-corrected chi connectivity index (χ1v) is 10.7. The van der Waals surface area contributed by atoms with Crippen molar-refractivity contribution in [3.05, 3.63) is 30.3 Å². The van der Waals surface area contributed by atoms with Crippen LogP contribution in [0.5, 0.6) is 5.75 Å². The van der Waals surface area contributed by atoms with Gasteiger partial charge in [0.25, 0.3) is 0 Å². The summed E-state index contributed by atoms with van der Waals surface area (Å²) in [5, 5.41) is 3.60. The van der Waals surface area contributed by atoms with Crippen molar-refractivity contribution >= 4 is 29.9 Å². The molecule has 1 aromatic rings. The number of piperidine rings is 1. The molecule has 0 spiro atoms. The second-order valence-corrected chi connectivity index (χ2v) is 8.26. The lowest BCUT2D eigenvalue weighted by molar-refractivity contribution is 0.129. The molecule has 0 bridgehead atoms. The molecule has 156 valence electrons. The van der Waals surface area contributed by atoms with Crippen LogP contribution in [0.4, 0.5) is 0 Å². The molecular weight excluding hydrogens is 463 g/mol. The second-order valence-electron chi connectivity index (χ2n) is 8.26. The van der Waals surface area contributed by atoms with Crippen LogP contribution in [0.15, 0.2) is 35.3 Å². The maximum absolute atomic E-state index is 6.11. The zero-order valence-corrected chi connectivity index (χ0v) is 19.4. The first kappa shape index (κ1) is 21.7. The smallest absolute Gasteiger partial charge is 0.193 e. The summed E-state index contributed by atoms with van der Waals surface area (Å²) in [5.41, 5.74) is 0. The third-order valence-electron chi connectivity index (χ3n) is 5.93. The monoisotopic (exact) mass is 498 g/mol. The van der Waals surface area contributed by atoms with Crippen molar-refractivity contribution in [3.8, 4) is 5.75 Å². The predicted octanol–water partition coefficient (Wildman–Crippen LogP) is 3.60. The number of guanidine groups is 1. The first-order chi connectivity index (χ1) is 13.3. The number of likely N-dealkylation sites (tertiary alicyclic amines) is 1. The SMILES string of the molecule is CN=C(NCCN(CC1CC1)C1CC1)N1CCC(Oc2ccccc2)CC1.I. The van der Waals surface area contributed by atoms with Crippen LogP contribution in [0.1, 0.15) is 38.5 Å². The normalized spacial score (nSPS) is 20.8. The van der Waals surface area contributed by atoms with Gasteiger partial charge in [-0.25, -0.2) is 0 Å². The van der Waals surface area contributed by atoms with E-state index < -0.39 is 0 Å². The summed E-state index contributed by atoms with van der Waals surface area (Å²) < 4.78 is 6.11.